The molecule has 1 heterocycles. The third-order valence-corrected chi connectivity index (χ3v) is 3.33. The van der Waals surface area contributed by atoms with Crippen LogP contribution in [0.25, 0.3) is 0 Å². The molecule has 1 amide bonds. The van der Waals surface area contributed by atoms with E-state index in [-0.39, 0.29) is 5.91 Å². The number of pyridine rings is 1. The smallest absolute Gasteiger partial charge is 0.256 e. The van der Waals surface area contributed by atoms with Gasteiger partial charge in [0.05, 0.1) is 18.8 Å². The maximum atomic E-state index is 12.5. The molecule has 0 saturated heterocycles. The lowest BCUT2D eigenvalue weighted by Gasteiger charge is -2.22. The largest absolute Gasteiger partial charge is 0.380 e. The molecule has 0 saturated carbocycles. The SMILES string of the molecule is CCOCCN(CCOCC)C(=O)c1cccnc1Br. The molecule has 112 valence electrons. The van der Waals surface area contributed by atoms with Gasteiger partial charge in [0.15, 0.2) is 0 Å². The van der Waals surface area contributed by atoms with E-state index in [1.807, 2.05) is 13.8 Å². The Morgan fingerprint density at radius 1 is 1.25 bits per heavy atom. The number of carbonyl (C=O) groups is 1. The Balaban J connectivity index is 2.69. The molecule has 5 nitrogen and oxygen atoms in total. The quantitative estimate of drug-likeness (QED) is 0.509. The molecular weight excluding hydrogens is 324 g/mol. The Morgan fingerprint density at radius 2 is 1.85 bits per heavy atom. The van der Waals surface area contributed by atoms with Crippen molar-refractivity contribution in [3.05, 3.63) is 28.5 Å². The van der Waals surface area contributed by atoms with Crippen molar-refractivity contribution in [3.8, 4) is 0 Å². The second-order valence-corrected chi connectivity index (χ2v) is 4.78. The summed E-state index contributed by atoms with van der Waals surface area (Å²) in [6.07, 6.45) is 1.64. The van der Waals surface area contributed by atoms with Crippen molar-refractivity contribution in [2.45, 2.75) is 13.8 Å². The van der Waals surface area contributed by atoms with Crippen LogP contribution in [0.4, 0.5) is 0 Å². The molecule has 0 spiro atoms. The number of nitrogens with zero attached hydrogens (tertiary/aromatic N) is 2. The zero-order chi connectivity index (χ0) is 14.8. The van der Waals surface area contributed by atoms with Gasteiger partial charge >= 0.3 is 0 Å². The summed E-state index contributed by atoms with van der Waals surface area (Å²) < 4.78 is 11.2. The zero-order valence-electron chi connectivity index (χ0n) is 12.0. The first-order chi connectivity index (χ1) is 9.70. The minimum absolute atomic E-state index is 0.0654. The maximum Gasteiger partial charge on any atom is 0.256 e. The summed E-state index contributed by atoms with van der Waals surface area (Å²) in [7, 11) is 0. The maximum absolute atomic E-state index is 12.5. The molecule has 0 fully saturated rings. The van der Waals surface area contributed by atoms with Gasteiger partial charge in [-0.25, -0.2) is 4.98 Å². The summed E-state index contributed by atoms with van der Waals surface area (Å²) in [6, 6.07) is 3.51. The van der Waals surface area contributed by atoms with Crippen LogP contribution in [0.15, 0.2) is 22.9 Å². The van der Waals surface area contributed by atoms with Gasteiger partial charge in [-0.1, -0.05) is 0 Å². The number of hydrogen-bond acceptors (Lipinski definition) is 4. The Morgan fingerprint density at radius 3 is 2.35 bits per heavy atom. The Hall–Kier alpha value is -0.980. The first-order valence-corrected chi connectivity index (χ1v) is 7.55. The summed E-state index contributed by atoms with van der Waals surface area (Å²) in [6.45, 7) is 7.28. The summed E-state index contributed by atoms with van der Waals surface area (Å²) in [5.74, 6) is -0.0654. The monoisotopic (exact) mass is 344 g/mol. The van der Waals surface area contributed by atoms with Crippen molar-refractivity contribution in [1.82, 2.24) is 9.88 Å². The highest BCUT2D eigenvalue weighted by atomic mass is 79.9. The molecule has 1 aromatic rings. The van der Waals surface area contributed by atoms with Gasteiger partial charge in [0.25, 0.3) is 5.91 Å². The van der Waals surface area contributed by atoms with Gasteiger partial charge in [-0.3, -0.25) is 4.79 Å². The van der Waals surface area contributed by atoms with Crippen molar-refractivity contribution < 1.29 is 14.3 Å². The summed E-state index contributed by atoms with van der Waals surface area (Å²) in [5, 5.41) is 0. The molecule has 0 aromatic carbocycles. The average Bonchev–Trinajstić information content (AvgIpc) is 2.46. The summed E-state index contributed by atoms with van der Waals surface area (Å²) >= 11 is 3.31. The highest BCUT2D eigenvalue weighted by molar-refractivity contribution is 9.10. The summed E-state index contributed by atoms with van der Waals surface area (Å²) in [5.41, 5.74) is 0.556. The van der Waals surface area contributed by atoms with Crippen LogP contribution < -0.4 is 0 Å². The number of rotatable bonds is 9. The third kappa shape index (κ3) is 5.56. The number of hydrogen-bond donors (Lipinski definition) is 0. The Labute approximate surface area is 128 Å². The van der Waals surface area contributed by atoms with E-state index in [2.05, 4.69) is 20.9 Å². The fourth-order valence-electron chi connectivity index (χ4n) is 1.67. The van der Waals surface area contributed by atoms with E-state index in [1.165, 1.54) is 0 Å². The predicted molar refractivity (Wildman–Crippen MR) is 80.8 cm³/mol. The zero-order valence-corrected chi connectivity index (χ0v) is 13.6. The lowest BCUT2D eigenvalue weighted by atomic mass is 10.2. The van der Waals surface area contributed by atoms with Gasteiger partial charge in [-0.2, -0.15) is 0 Å². The van der Waals surface area contributed by atoms with Crippen LogP contribution >= 0.6 is 15.9 Å². The van der Waals surface area contributed by atoms with E-state index >= 15 is 0 Å². The summed E-state index contributed by atoms with van der Waals surface area (Å²) in [4.78, 5) is 18.3. The molecule has 1 aromatic heterocycles. The van der Waals surface area contributed by atoms with Crippen molar-refractivity contribution in [1.29, 1.82) is 0 Å². The van der Waals surface area contributed by atoms with Crippen LogP contribution in [-0.4, -0.2) is 55.3 Å². The molecule has 0 aliphatic carbocycles. The predicted octanol–water partition coefficient (Wildman–Crippen LogP) is 2.36. The fraction of sp³-hybridized carbons (Fsp3) is 0.571. The Bertz CT molecular complexity index is 405. The van der Waals surface area contributed by atoms with E-state index < -0.39 is 0 Å². The first kappa shape index (κ1) is 17.1. The lowest BCUT2D eigenvalue weighted by molar-refractivity contribution is 0.0549. The van der Waals surface area contributed by atoms with E-state index in [9.17, 15) is 4.79 Å². The second kappa shape index (κ2) is 9.85. The van der Waals surface area contributed by atoms with Crippen molar-refractivity contribution in [2.24, 2.45) is 0 Å². The highest BCUT2D eigenvalue weighted by Crippen LogP contribution is 2.15. The normalized spacial score (nSPS) is 10.6. The molecule has 0 aliphatic rings. The van der Waals surface area contributed by atoms with Gasteiger partial charge in [0, 0.05) is 32.5 Å². The van der Waals surface area contributed by atoms with Gasteiger partial charge in [-0.05, 0) is 41.9 Å². The van der Waals surface area contributed by atoms with Gasteiger partial charge < -0.3 is 14.4 Å². The van der Waals surface area contributed by atoms with Gasteiger partial charge in [0.1, 0.15) is 4.60 Å². The van der Waals surface area contributed by atoms with Crippen molar-refractivity contribution in [3.63, 3.8) is 0 Å². The van der Waals surface area contributed by atoms with E-state index in [0.29, 0.717) is 49.7 Å². The molecule has 0 N–H and O–H groups in total. The third-order valence-electron chi connectivity index (χ3n) is 2.70. The van der Waals surface area contributed by atoms with Crippen LogP contribution in [0.3, 0.4) is 0 Å². The molecule has 0 unspecified atom stereocenters. The number of halogens is 1. The molecule has 1 rings (SSSR count). The molecule has 0 radical (unpaired) electrons. The van der Waals surface area contributed by atoms with Crippen molar-refractivity contribution in [2.75, 3.05) is 39.5 Å². The minimum Gasteiger partial charge on any atom is -0.380 e. The van der Waals surface area contributed by atoms with Gasteiger partial charge in [0.2, 0.25) is 0 Å². The first-order valence-electron chi connectivity index (χ1n) is 6.76. The standard InChI is InChI=1S/C14H21BrN2O3/c1-3-19-10-8-17(9-11-20-4-2)14(18)12-6-5-7-16-13(12)15/h5-7H,3-4,8-11H2,1-2H3. The second-order valence-electron chi connectivity index (χ2n) is 4.03. The number of amides is 1. The molecule has 6 heteroatoms. The number of ether oxygens (including phenoxy) is 2. The molecule has 0 atom stereocenters. The fourth-order valence-corrected chi connectivity index (χ4v) is 2.09. The van der Waals surface area contributed by atoms with Crippen molar-refractivity contribution >= 4 is 21.8 Å². The van der Waals surface area contributed by atoms with Crippen LogP contribution in [0.5, 0.6) is 0 Å². The molecule has 0 aliphatic heterocycles. The Kier molecular flexibility index (Phi) is 8.41. The minimum atomic E-state index is -0.0654. The molecule has 0 bridgehead atoms. The number of aromatic nitrogens is 1. The number of carbonyl (C=O) groups excluding carboxylic acids is 1. The van der Waals surface area contributed by atoms with E-state index in [1.54, 1.807) is 23.2 Å². The van der Waals surface area contributed by atoms with Crippen LogP contribution in [0.1, 0.15) is 24.2 Å². The highest BCUT2D eigenvalue weighted by Gasteiger charge is 2.18. The van der Waals surface area contributed by atoms with Gasteiger partial charge in [-0.15, -0.1) is 0 Å². The average molecular weight is 345 g/mol. The van der Waals surface area contributed by atoms with E-state index in [4.69, 9.17) is 9.47 Å². The lowest BCUT2D eigenvalue weighted by Crippen LogP contribution is -2.37. The van der Waals surface area contributed by atoms with E-state index in [0.717, 1.165) is 0 Å². The van der Waals surface area contributed by atoms with Crippen LogP contribution in [-0.2, 0) is 9.47 Å². The molecule has 20 heavy (non-hydrogen) atoms. The molecular formula is C14H21BrN2O3. The van der Waals surface area contributed by atoms with Crippen LogP contribution in [0, 0.1) is 0 Å². The topological polar surface area (TPSA) is 51.7 Å². The van der Waals surface area contributed by atoms with Crippen LogP contribution in [0.2, 0.25) is 0 Å².